The summed E-state index contributed by atoms with van der Waals surface area (Å²) >= 11 is 0. The summed E-state index contributed by atoms with van der Waals surface area (Å²) in [6, 6.07) is 5.33. The van der Waals surface area contributed by atoms with E-state index in [1.54, 1.807) is 16.7 Å². The normalized spacial score (nSPS) is 15.3. The van der Waals surface area contributed by atoms with E-state index in [1.165, 1.54) is 0 Å². The summed E-state index contributed by atoms with van der Waals surface area (Å²) in [5, 5.41) is 6.23. The molecule has 0 atom stereocenters. The number of likely N-dealkylation sites (N-methyl/N-ethyl adjacent to an activating group) is 1. The zero-order chi connectivity index (χ0) is 17.1. The van der Waals surface area contributed by atoms with E-state index >= 15 is 0 Å². The Morgan fingerprint density at radius 2 is 2.08 bits per heavy atom. The number of nitrogens with zero attached hydrogens (tertiary/aromatic N) is 2. The number of amides is 1. The fourth-order valence-corrected chi connectivity index (χ4v) is 2.98. The number of hydrogen-bond donors (Lipinski definition) is 2. The van der Waals surface area contributed by atoms with E-state index in [4.69, 9.17) is 4.42 Å². The third-order valence-corrected chi connectivity index (χ3v) is 4.42. The van der Waals surface area contributed by atoms with Crippen LogP contribution in [0.15, 0.2) is 27.4 Å². The molecule has 1 aliphatic rings. The first-order valence-electron chi connectivity index (χ1n) is 8.34. The van der Waals surface area contributed by atoms with Gasteiger partial charge in [0.2, 0.25) is 5.91 Å². The van der Waals surface area contributed by atoms with Crippen LogP contribution in [-0.2, 0) is 11.3 Å². The highest BCUT2D eigenvalue weighted by atomic mass is 35.5. The molecule has 2 N–H and O–H groups in total. The predicted molar refractivity (Wildman–Crippen MR) is 100 cm³/mol. The zero-order valence-corrected chi connectivity index (χ0v) is 15.4. The monoisotopic (exact) mass is 368 g/mol. The smallest absolute Gasteiger partial charge is 0.408 e. The molecule has 3 rings (SSSR count). The van der Waals surface area contributed by atoms with Crippen molar-refractivity contribution in [2.45, 2.75) is 19.4 Å². The molecule has 1 aliphatic heterocycles. The fraction of sp³-hybridized carbons (Fsp3) is 0.529. The molecule has 8 heteroatoms. The van der Waals surface area contributed by atoms with Crippen LogP contribution in [0.4, 0.5) is 5.69 Å². The highest BCUT2D eigenvalue weighted by Gasteiger charge is 2.21. The molecule has 1 saturated heterocycles. The van der Waals surface area contributed by atoms with Crippen molar-refractivity contribution in [3.05, 3.63) is 28.7 Å². The van der Waals surface area contributed by atoms with Gasteiger partial charge in [-0.15, -0.1) is 12.4 Å². The first-order chi connectivity index (χ1) is 11.5. The lowest BCUT2D eigenvalue weighted by molar-refractivity contribution is -0.120. The maximum Gasteiger partial charge on any atom is 0.419 e. The van der Waals surface area contributed by atoms with Crippen LogP contribution in [0.1, 0.15) is 12.8 Å². The molecule has 0 bridgehead atoms. The number of oxazole rings is 1. The number of hydrogen-bond acceptors (Lipinski definition) is 5. The molecule has 0 aliphatic carbocycles. The van der Waals surface area contributed by atoms with Crippen LogP contribution in [-0.4, -0.2) is 49.1 Å². The topological polar surface area (TPSA) is 79.5 Å². The van der Waals surface area contributed by atoms with Gasteiger partial charge >= 0.3 is 5.76 Å². The highest BCUT2D eigenvalue weighted by Crippen LogP contribution is 2.20. The van der Waals surface area contributed by atoms with Crippen LogP contribution in [0.3, 0.4) is 0 Å². The number of aromatic nitrogens is 1. The minimum Gasteiger partial charge on any atom is -0.408 e. The third-order valence-electron chi connectivity index (χ3n) is 4.42. The number of carbonyl (C=O) groups excluding carboxylic acids is 1. The van der Waals surface area contributed by atoms with Crippen molar-refractivity contribution < 1.29 is 9.21 Å². The van der Waals surface area contributed by atoms with Crippen LogP contribution in [0.5, 0.6) is 0 Å². The van der Waals surface area contributed by atoms with Crippen LogP contribution in [0.25, 0.3) is 11.1 Å². The molecule has 0 spiro atoms. The Kier molecular flexibility index (Phi) is 6.64. The number of anilines is 1. The lowest BCUT2D eigenvalue weighted by atomic mass is 9.97. The highest BCUT2D eigenvalue weighted by molar-refractivity contribution is 5.94. The van der Waals surface area contributed by atoms with E-state index < -0.39 is 0 Å². The minimum absolute atomic E-state index is 0. The van der Waals surface area contributed by atoms with Gasteiger partial charge in [-0.3, -0.25) is 9.36 Å². The first kappa shape index (κ1) is 19.5. The Balaban J connectivity index is 0.00000225. The van der Waals surface area contributed by atoms with Gasteiger partial charge in [0.1, 0.15) is 0 Å². The average molecular weight is 369 g/mol. The molecule has 0 radical (unpaired) electrons. The van der Waals surface area contributed by atoms with Gasteiger partial charge in [-0.25, -0.2) is 4.79 Å². The second kappa shape index (κ2) is 8.51. The van der Waals surface area contributed by atoms with Gasteiger partial charge in [-0.1, -0.05) is 0 Å². The second-order valence-electron chi connectivity index (χ2n) is 6.52. The van der Waals surface area contributed by atoms with Crippen LogP contribution < -0.4 is 16.4 Å². The summed E-state index contributed by atoms with van der Waals surface area (Å²) < 4.78 is 6.88. The third kappa shape index (κ3) is 4.62. The molecule has 2 heterocycles. The molecule has 138 valence electrons. The molecule has 25 heavy (non-hydrogen) atoms. The molecular weight excluding hydrogens is 344 g/mol. The Hall–Kier alpha value is -1.83. The van der Waals surface area contributed by atoms with Gasteiger partial charge in [0.25, 0.3) is 0 Å². The van der Waals surface area contributed by atoms with Crippen molar-refractivity contribution in [2.24, 2.45) is 5.92 Å². The van der Waals surface area contributed by atoms with Crippen molar-refractivity contribution >= 4 is 35.1 Å². The SMILES string of the molecule is CN(C)CCn1c(=O)oc2ccc(NC(=O)C3CCNCC3)cc21.Cl. The summed E-state index contributed by atoms with van der Waals surface area (Å²) in [6.07, 6.45) is 1.71. The number of carbonyl (C=O) groups is 1. The summed E-state index contributed by atoms with van der Waals surface area (Å²) in [4.78, 5) is 26.4. The number of piperidine rings is 1. The van der Waals surface area contributed by atoms with Crippen molar-refractivity contribution in [3.63, 3.8) is 0 Å². The number of halogens is 1. The van der Waals surface area contributed by atoms with Gasteiger partial charge in [0, 0.05) is 24.7 Å². The standard InChI is InChI=1S/C17H24N4O3.ClH/c1-20(2)9-10-21-14-11-13(3-4-15(14)24-17(21)23)19-16(22)12-5-7-18-8-6-12;/h3-4,11-12,18H,5-10H2,1-2H3,(H,19,22);1H. The van der Waals surface area contributed by atoms with Gasteiger partial charge in [-0.05, 0) is 58.2 Å². The van der Waals surface area contributed by atoms with E-state index in [1.807, 2.05) is 25.1 Å². The molecule has 0 saturated carbocycles. The largest absolute Gasteiger partial charge is 0.419 e. The Morgan fingerprint density at radius 3 is 2.76 bits per heavy atom. The summed E-state index contributed by atoms with van der Waals surface area (Å²) in [6.45, 7) is 3.04. The maximum atomic E-state index is 12.4. The first-order valence-corrected chi connectivity index (χ1v) is 8.34. The lowest BCUT2D eigenvalue weighted by Crippen LogP contribution is -2.34. The summed E-state index contributed by atoms with van der Waals surface area (Å²) in [7, 11) is 3.91. The molecule has 1 aromatic heterocycles. The van der Waals surface area contributed by atoms with E-state index in [0.717, 1.165) is 32.5 Å². The van der Waals surface area contributed by atoms with E-state index in [0.29, 0.717) is 23.3 Å². The number of fused-ring (bicyclic) bond motifs is 1. The number of rotatable bonds is 5. The molecule has 7 nitrogen and oxygen atoms in total. The van der Waals surface area contributed by atoms with Crippen molar-refractivity contribution in [3.8, 4) is 0 Å². The van der Waals surface area contributed by atoms with Gasteiger partial charge in [0.15, 0.2) is 5.58 Å². The quantitative estimate of drug-likeness (QED) is 0.836. The van der Waals surface area contributed by atoms with Crippen molar-refractivity contribution in [1.82, 2.24) is 14.8 Å². The van der Waals surface area contributed by atoms with E-state index in [9.17, 15) is 9.59 Å². The van der Waals surface area contributed by atoms with Crippen molar-refractivity contribution in [2.75, 3.05) is 39.0 Å². The summed E-state index contributed by atoms with van der Waals surface area (Å²) in [5.74, 6) is -0.280. The number of nitrogens with one attached hydrogen (secondary N) is 2. The van der Waals surface area contributed by atoms with Crippen LogP contribution in [0.2, 0.25) is 0 Å². The Bertz CT molecular complexity index is 778. The van der Waals surface area contributed by atoms with Gasteiger partial charge in [-0.2, -0.15) is 0 Å². The molecule has 1 fully saturated rings. The molecule has 2 aromatic rings. The molecule has 0 unspecified atom stereocenters. The van der Waals surface area contributed by atoms with Crippen LogP contribution in [0, 0.1) is 5.92 Å². The Morgan fingerprint density at radius 1 is 1.36 bits per heavy atom. The maximum absolute atomic E-state index is 12.4. The number of benzene rings is 1. The van der Waals surface area contributed by atoms with Crippen molar-refractivity contribution in [1.29, 1.82) is 0 Å². The van der Waals surface area contributed by atoms with Gasteiger partial charge in [0.05, 0.1) is 5.52 Å². The molecule has 1 aromatic carbocycles. The zero-order valence-electron chi connectivity index (χ0n) is 14.6. The summed E-state index contributed by atoms with van der Waals surface area (Å²) in [5.41, 5.74) is 1.95. The van der Waals surface area contributed by atoms with Gasteiger partial charge < -0.3 is 20.0 Å². The lowest BCUT2D eigenvalue weighted by Gasteiger charge is -2.21. The van der Waals surface area contributed by atoms with Crippen LogP contribution >= 0.6 is 12.4 Å². The predicted octanol–water partition coefficient (Wildman–Crippen LogP) is 1.52. The Labute approximate surface area is 152 Å². The molecular formula is C17H25ClN4O3. The molecule has 1 amide bonds. The van der Waals surface area contributed by atoms with E-state index in [-0.39, 0.29) is 30.0 Å². The van der Waals surface area contributed by atoms with E-state index in [2.05, 4.69) is 10.6 Å². The minimum atomic E-state index is -0.367. The fourth-order valence-electron chi connectivity index (χ4n) is 2.98. The average Bonchev–Trinajstić information content (AvgIpc) is 2.88. The second-order valence-corrected chi connectivity index (χ2v) is 6.52.